The van der Waals surface area contributed by atoms with Gasteiger partial charge in [0.1, 0.15) is 5.69 Å². The van der Waals surface area contributed by atoms with Crippen molar-refractivity contribution in [2.45, 2.75) is 6.10 Å². The minimum absolute atomic E-state index is 0.0518. The number of rotatable bonds is 6. The molecular formula is C13H11N3O7S. The summed E-state index contributed by atoms with van der Waals surface area (Å²) in [6.45, 7) is 0. The lowest BCUT2D eigenvalue weighted by Crippen LogP contribution is -2.19. The van der Waals surface area contributed by atoms with E-state index >= 15 is 0 Å². The van der Waals surface area contributed by atoms with Crippen molar-refractivity contribution in [3.05, 3.63) is 34.8 Å². The molecule has 0 radical (unpaired) electrons. The minimum Gasteiger partial charge on any atom is -0.504 e. The number of oxime groups is 1. The van der Waals surface area contributed by atoms with Crippen LogP contribution in [0.1, 0.15) is 17.4 Å². The number of aliphatic carboxylic acids is 2. The molecule has 0 bridgehead atoms. The second kappa shape index (κ2) is 6.83. The second-order valence-electron chi connectivity index (χ2n) is 4.39. The molecule has 0 unspecified atom stereocenters. The average molecular weight is 353 g/mol. The van der Waals surface area contributed by atoms with Gasteiger partial charge in [0.15, 0.2) is 16.6 Å². The van der Waals surface area contributed by atoms with Crippen molar-refractivity contribution in [3.8, 4) is 11.5 Å². The number of nitrogens with zero attached hydrogens (tertiary/aromatic N) is 2. The van der Waals surface area contributed by atoms with Crippen molar-refractivity contribution in [2.24, 2.45) is 5.16 Å². The van der Waals surface area contributed by atoms with Gasteiger partial charge in [-0.1, -0.05) is 11.2 Å². The lowest BCUT2D eigenvalue weighted by atomic mass is 10.1. The molecule has 2 rings (SSSR count). The molecule has 0 saturated carbocycles. The van der Waals surface area contributed by atoms with Crippen molar-refractivity contribution < 1.29 is 34.9 Å². The van der Waals surface area contributed by atoms with Gasteiger partial charge < -0.3 is 31.0 Å². The van der Waals surface area contributed by atoms with Gasteiger partial charge in [-0.15, -0.1) is 11.3 Å². The Kier molecular flexibility index (Phi) is 4.84. The van der Waals surface area contributed by atoms with Gasteiger partial charge in [-0.05, 0) is 12.1 Å². The van der Waals surface area contributed by atoms with Gasteiger partial charge >= 0.3 is 11.9 Å². The molecule has 1 aromatic heterocycles. The molecule has 1 aromatic carbocycles. The normalized spacial score (nSPS) is 12.6. The molecule has 0 amide bonds. The fourth-order valence-corrected chi connectivity index (χ4v) is 2.20. The maximum Gasteiger partial charge on any atom is 0.360 e. The highest BCUT2D eigenvalue weighted by molar-refractivity contribution is 7.13. The van der Waals surface area contributed by atoms with Crippen LogP contribution in [0.2, 0.25) is 0 Å². The fourth-order valence-electron chi connectivity index (χ4n) is 1.65. The molecule has 0 aliphatic heterocycles. The molecule has 2 aromatic rings. The maximum atomic E-state index is 11.3. The van der Waals surface area contributed by atoms with Crippen molar-refractivity contribution in [3.63, 3.8) is 0 Å². The molecule has 0 fully saturated rings. The standard InChI is InChI=1S/C13H11N3O7S/c14-13-15-6(4-24-13)9(11(19)20)16-23-10(12(21)22)5-1-2-7(17)8(18)3-5/h1-4,10,17-18H,(H2,14,15)(H,19,20)(H,21,22)/t10-/m0/s1. The third-order valence-corrected chi connectivity index (χ3v) is 3.42. The third-order valence-electron chi connectivity index (χ3n) is 2.74. The highest BCUT2D eigenvalue weighted by Gasteiger charge is 2.25. The molecule has 126 valence electrons. The molecular weight excluding hydrogens is 342 g/mol. The van der Waals surface area contributed by atoms with E-state index in [0.29, 0.717) is 0 Å². The molecule has 10 nitrogen and oxygen atoms in total. The summed E-state index contributed by atoms with van der Waals surface area (Å²) >= 11 is 0.980. The Morgan fingerprint density at radius 3 is 2.46 bits per heavy atom. The van der Waals surface area contributed by atoms with E-state index in [1.54, 1.807) is 0 Å². The number of nitrogens with two attached hydrogens (primary N) is 1. The SMILES string of the molecule is Nc1nc(C(=NO[C@H](C(=O)O)c2ccc(O)c(O)c2)C(=O)O)cs1. The summed E-state index contributed by atoms with van der Waals surface area (Å²) in [6, 6.07) is 3.21. The van der Waals surface area contributed by atoms with E-state index in [-0.39, 0.29) is 16.4 Å². The molecule has 0 saturated heterocycles. The van der Waals surface area contributed by atoms with Crippen LogP contribution in [0.3, 0.4) is 0 Å². The van der Waals surface area contributed by atoms with Crippen LogP contribution in [0.15, 0.2) is 28.7 Å². The molecule has 1 atom stereocenters. The second-order valence-corrected chi connectivity index (χ2v) is 5.28. The Bertz CT molecular complexity index is 818. The fraction of sp³-hybridized carbons (Fsp3) is 0.0769. The summed E-state index contributed by atoms with van der Waals surface area (Å²) in [6.07, 6.45) is -1.71. The zero-order valence-corrected chi connectivity index (χ0v) is 12.6. The molecule has 11 heteroatoms. The number of carboxylic acids is 2. The van der Waals surface area contributed by atoms with Gasteiger partial charge in [0, 0.05) is 10.9 Å². The number of phenols is 2. The molecule has 1 heterocycles. The summed E-state index contributed by atoms with van der Waals surface area (Å²) < 4.78 is 0. The Morgan fingerprint density at radius 1 is 1.25 bits per heavy atom. The zero-order valence-electron chi connectivity index (χ0n) is 11.8. The molecule has 0 aliphatic rings. The van der Waals surface area contributed by atoms with E-state index in [2.05, 4.69) is 10.1 Å². The van der Waals surface area contributed by atoms with Crippen LogP contribution in [-0.2, 0) is 14.4 Å². The third kappa shape index (κ3) is 3.70. The highest BCUT2D eigenvalue weighted by Crippen LogP contribution is 2.29. The first-order valence-corrected chi connectivity index (χ1v) is 7.10. The lowest BCUT2D eigenvalue weighted by molar-refractivity contribution is -0.151. The highest BCUT2D eigenvalue weighted by atomic mass is 32.1. The smallest absolute Gasteiger partial charge is 0.360 e. The molecule has 0 spiro atoms. The lowest BCUT2D eigenvalue weighted by Gasteiger charge is -2.12. The van der Waals surface area contributed by atoms with E-state index in [9.17, 15) is 24.9 Å². The van der Waals surface area contributed by atoms with Crippen molar-refractivity contribution in [2.75, 3.05) is 5.73 Å². The Morgan fingerprint density at radius 2 is 1.96 bits per heavy atom. The largest absolute Gasteiger partial charge is 0.504 e. The van der Waals surface area contributed by atoms with Crippen LogP contribution in [0, 0.1) is 0 Å². The van der Waals surface area contributed by atoms with Crippen LogP contribution in [-0.4, -0.2) is 43.1 Å². The number of nitrogen functional groups attached to an aromatic ring is 1. The monoisotopic (exact) mass is 353 g/mol. The number of carbonyl (C=O) groups is 2. The summed E-state index contributed by atoms with van der Waals surface area (Å²) in [5.41, 5.74) is 4.66. The number of thiazole rings is 1. The van der Waals surface area contributed by atoms with E-state index in [0.717, 1.165) is 23.5 Å². The van der Waals surface area contributed by atoms with Gasteiger partial charge in [-0.2, -0.15) is 0 Å². The predicted molar refractivity (Wildman–Crippen MR) is 81.9 cm³/mol. The number of aromatic nitrogens is 1. The van der Waals surface area contributed by atoms with Crippen LogP contribution in [0.4, 0.5) is 5.13 Å². The molecule has 0 aliphatic carbocycles. The average Bonchev–Trinajstić information content (AvgIpc) is 2.92. The first kappa shape index (κ1) is 17.0. The first-order valence-electron chi connectivity index (χ1n) is 6.22. The summed E-state index contributed by atoms with van der Waals surface area (Å²) in [7, 11) is 0. The van der Waals surface area contributed by atoms with Crippen LogP contribution in [0.25, 0.3) is 0 Å². The number of phenolic OH excluding ortho intramolecular Hbond substituents is 2. The number of hydrogen-bond donors (Lipinski definition) is 5. The first-order chi connectivity index (χ1) is 11.3. The van der Waals surface area contributed by atoms with E-state index < -0.39 is 35.3 Å². The Hall–Kier alpha value is -3.34. The number of aromatic hydroxyl groups is 2. The van der Waals surface area contributed by atoms with Gasteiger partial charge in [0.05, 0.1) is 0 Å². The Labute approximate surface area is 138 Å². The zero-order chi connectivity index (χ0) is 17.9. The van der Waals surface area contributed by atoms with Gasteiger partial charge in [-0.3, -0.25) is 0 Å². The maximum absolute atomic E-state index is 11.3. The van der Waals surface area contributed by atoms with Crippen LogP contribution >= 0.6 is 11.3 Å². The number of carboxylic acid groups (broad SMARTS) is 2. The summed E-state index contributed by atoms with van der Waals surface area (Å²) in [5, 5.41) is 41.8. The van der Waals surface area contributed by atoms with Crippen molar-refractivity contribution >= 4 is 34.1 Å². The van der Waals surface area contributed by atoms with E-state index in [4.69, 9.17) is 15.7 Å². The summed E-state index contributed by atoms with van der Waals surface area (Å²) in [4.78, 5) is 31.1. The quantitative estimate of drug-likeness (QED) is 0.285. The van der Waals surface area contributed by atoms with Gasteiger partial charge in [0.2, 0.25) is 11.8 Å². The molecule has 24 heavy (non-hydrogen) atoms. The minimum atomic E-state index is -1.71. The van der Waals surface area contributed by atoms with Crippen LogP contribution < -0.4 is 5.73 Å². The number of anilines is 1. The Balaban J connectivity index is 2.33. The van der Waals surface area contributed by atoms with E-state index in [1.165, 1.54) is 11.4 Å². The van der Waals surface area contributed by atoms with Gasteiger partial charge in [0.25, 0.3) is 0 Å². The number of benzene rings is 1. The topological polar surface area (TPSA) is 176 Å². The number of hydrogen-bond acceptors (Lipinski definition) is 9. The molecule has 6 N–H and O–H groups in total. The van der Waals surface area contributed by atoms with Crippen molar-refractivity contribution in [1.82, 2.24) is 4.98 Å². The van der Waals surface area contributed by atoms with E-state index in [1.807, 2.05) is 0 Å². The predicted octanol–water partition coefficient (Wildman–Crippen LogP) is 0.768. The summed E-state index contributed by atoms with van der Waals surface area (Å²) in [5.74, 6) is -3.98. The van der Waals surface area contributed by atoms with Crippen LogP contribution in [0.5, 0.6) is 11.5 Å². The van der Waals surface area contributed by atoms with Gasteiger partial charge in [-0.25, -0.2) is 14.6 Å². The van der Waals surface area contributed by atoms with Crippen molar-refractivity contribution in [1.29, 1.82) is 0 Å².